The monoisotopic (exact) mass is 329 g/mol. The summed E-state index contributed by atoms with van der Waals surface area (Å²) in [4.78, 5) is 17.0. The van der Waals surface area contributed by atoms with Crippen LogP contribution in [0.1, 0.15) is 38.2 Å². The van der Waals surface area contributed by atoms with Gasteiger partial charge in [-0.2, -0.15) is 0 Å². The molecule has 0 unspecified atom stereocenters. The van der Waals surface area contributed by atoms with E-state index in [4.69, 9.17) is 0 Å². The molecular formula is C20H31N3O. The Morgan fingerprint density at radius 3 is 2.29 bits per heavy atom. The number of benzene rings is 1. The zero-order chi connectivity index (χ0) is 16.8. The Balaban J connectivity index is 1.35. The molecule has 0 atom stereocenters. The predicted octanol–water partition coefficient (Wildman–Crippen LogP) is 2.50. The van der Waals surface area contributed by atoms with Crippen LogP contribution in [-0.2, 0) is 11.3 Å². The van der Waals surface area contributed by atoms with E-state index in [1.807, 2.05) is 0 Å². The van der Waals surface area contributed by atoms with Crippen LogP contribution in [0.3, 0.4) is 0 Å². The molecule has 132 valence electrons. The van der Waals surface area contributed by atoms with Crippen molar-refractivity contribution in [2.45, 2.75) is 45.2 Å². The number of nitrogens with one attached hydrogen (secondary N) is 1. The third kappa shape index (κ3) is 5.32. The van der Waals surface area contributed by atoms with Crippen LogP contribution in [0.5, 0.6) is 0 Å². The lowest BCUT2D eigenvalue weighted by atomic mass is 9.87. The first-order valence-corrected chi connectivity index (χ1v) is 9.47. The highest BCUT2D eigenvalue weighted by molar-refractivity contribution is 5.78. The molecule has 4 nitrogen and oxygen atoms in total. The van der Waals surface area contributed by atoms with Crippen LogP contribution in [0.2, 0.25) is 0 Å². The van der Waals surface area contributed by atoms with Gasteiger partial charge in [-0.25, -0.2) is 0 Å². The molecule has 4 heteroatoms. The van der Waals surface area contributed by atoms with Gasteiger partial charge in [-0.1, -0.05) is 37.3 Å². The van der Waals surface area contributed by atoms with E-state index in [0.717, 1.165) is 51.5 Å². The van der Waals surface area contributed by atoms with Gasteiger partial charge < -0.3 is 5.32 Å². The summed E-state index contributed by atoms with van der Waals surface area (Å²) < 4.78 is 0. The van der Waals surface area contributed by atoms with Gasteiger partial charge in [-0.05, 0) is 37.2 Å². The van der Waals surface area contributed by atoms with E-state index in [0.29, 0.717) is 12.6 Å². The standard InChI is InChI=1S/C20H31N3O/c1-17-7-9-19(10-8-17)21-20(24)16-23-13-11-22(12-14-23)15-18-5-3-2-4-6-18/h2-6,17,19H,7-16H2,1H3,(H,21,24). The van der Waals surface area contributed by atoms with Crippen molar-refractivity contribution in [1.29, 1.82) is 0 Å². The van der Waals surface area contributed by atoms with E-state index in [1.165, 1.54) is 18.4 Å². The highest BCUT2D eigenvalue weighted by Gasteiger charge is 2.22. The number of carbonyl (C=O) groups is 1. The first-order chi connectivity index (χ1) is 11.7. The van der Waals surface area contributed by atoms with Crippen molar-refractivity contribution in [3.05, 3.63) is 35.9 Å². The fourth-order valence-corrected chi connectivity index (χ4v) is 3.83. The summed E-state index contributed by atoms with van der Waals surface area (Å²) in [6.45, 7) is 7.95. The highest BCUT2D eigenvalue weighted by atomic mass is 16.2. The van der Waals surface area contributed by atoms with Crippen molar-refractivity contribution in [3.63, 3.8) is 0 Å². The third-order valence-corrected chi connectivity index (χ3v) is 5.46. The molecule has 1 heterocycles. The van der Waals surface area contributed by atoms with Crippen LogP contribution in [-0.4, -0.2) is 54.5 Å². The van der Waals surface area contributed by atoms with E-state index < -0.39 is 0 Å². The SMILES string of the molecule is CC1CCC(NC(=O)CN2CCN(Cc3ccccc3)CC2)CC1. The second-order valence-corrected chi connectivity index (χ2v) is 7.56. The van der Waals surface area contributed by atoms with Crippen LogP contribution in [0.25, 0.3) is 0 Å². The lowest BCUT2D eigenvalue weighted by Crippen LogP contribution is -2.50. The van der Waals surface area contributed by atoms with Crippen molar-refractivity contribution in [3.8, 4) is 0 Å². The Labute approximate surface area is 146 Å². The second kappa shape index (κ2) is 8.63. The Morgan fingerprint density at radius 1 is 1.00 bits per heavy atom. The first-order valence-electron chi connectivity index (χ1n) is 9.47. The first kappa shape index (κ1) is 17.4. The topological polar surface area (TPSA) is 35.6 Å². The molecule has 2 aliphatic rings. The maximum absolute atomic E-state index is 12.3. The Bertz CT molecular complexity index is 503. The molecule has 1 aliphatic heterocycles. The fraction of sp³-hybridized carbons (Fsp3) is 0.650. The lowest BCUT2D eigenvalue weighted by molar-refractivity contribution is -0.123. The Hall–Kier alpha value is -1.39. The minimum Gasteiger partial charge on any atom is -0.352 e. The lowest BCUT2D eigenvalue weighted by Gasteiger charge is -2.35. The van der Waals surface area contributed by atoms with E-state index in [1.54, 1.807) is 0 Å². The van der Waals surface area contributed by atoms with E-state index in [-0.39, 0.29) is 5.91 Å². The second-order valence-electron chi connectivity index (χ2n) is 7.56. The number of carbonyl (C=O) groups excluding carboxylic acids is 1. The summed E-state index contributed by atoms with van der Waals surface area (Å²) in [5.41, 5.74) is 1.37. The number of rotatable bonds is 5. The van der Waals surface area contributed by atoms with Crippen molar-refractivity contribution in [1.82, 2.24) is 15.1 Å². The number of amides is 1. The zero-order valence-electron chi connectivity index (χ0n) is 14.9. The highest BCUT2D eigenvalue weighted by Crippen LogP contribution is 2.23. The van der Waals surface area contributed by atoms with Crippen LogP contribution in [0.4, 0.5) is 0 Å². The van der Waals surface area contributed by atoms with Gasteiger partial charge in [0.25, 0.3) is 0 Å². The quantitative estimate of drug-likeness (QED) is 0.901. The molecule has 1 N–H and O–H groups in total. The van der Waals surface area contributed by atoms with Crippen molar-refractivity contribution in [2.75, 3.05) is 32.7 Å². The zero-order valence-corrected chi connectivity index (χ0v) is 14.9. The summed E-state index contributed by atoms with van der Waals surface area (Å²) in [5, 5.41) is 3.24. The molecule has 1 saturated heterocycles. The van der Waals surface area contributed by atoms with Crippen molar-refractivity contribution >= 4 is 5.91 Å². The normalized spacial score (nSPS) is 26.2. The van der Waals surface area contributed by atoms with E-state index in [9.17, 15) is 4.79 Å². The van der Waals surface area contributed by atoms with Gasteiger partial charge in [0.15, 0.2) is 0 Å². The van der Waals surface area contributed by atoms with E-state index in [2.05, 4.69) is 52.4 Å². The minimum absolute atomic E-state index is 0.214. The van der Waals surface area contributed by atoms with E-state index >= 15 is 0 Å². The molecule has 0 aromatic heterocycles. The molecule has 0 radical (unpaired) electrons. The van der Waals surface area contributed by atoms with Gasteiger partial charge in [-0.3, -0.25) is 14.6 Å². The molecule has 1 amide bonds. The average molecular weight is 329 g/mol. The van der Waals surface area contributed by atoms with Gasteiger partial charge in [0, 0.05) is 38.8 Å². The van der Waals surface area contributed by atoms with Crippen LogP contribution < -0.4 is 5.32 Å². The van der Waals surface area contributed by atoms with Crippen LogP contribution in [0.15, 0.2) is 30.3 Å². The molecule has 2 fully saturated rings. The number of nitrogens with zero attached hydrogens (tertiary/aromatic N) is 2. The number of hydrogen-bond acceptors (Lipinski definition) is 3. The van der Waals surface area contributed by atoms with Gasteiger partial charge in [0.1, 0.15) is 0 Å². The van der Waals surface area contributed by atoms with Crippen molar-refractivity contribution in [2.24, 2.45) is 5.92 Å². The summed E-state index contributed by atoms with van der Waals surface area (Å²) in [6, 6.07) is 11.0. The summed E-state index contributed by atoms with van der Waals surface area (Å²) >= 11 is 0. The molecule has 1 aliphatic carbocycles. The van der Waals surface area contributed by atoms with Crippen LogP contribution in [0, 0.1) is 5.92 Å². The number of hydrogen-bond donors (Lipinski definition) is 1. The summed E-state index contributed by atoms with van der Waals surface area (Å²) in [7, 11) is 0. The molecule has 0 bridgehead atoms. The van der Waals surface area contributed by atoms with Crippen LogP contribution >= 0.6 is 0 Å². The average Bonchev–Trinajstić information content (AvgIpc) is 2.60. The van der Waals surface area contributed by atoms with Gasteiger partial charge in [0.2, 0.25) is 5.91 Å². The Morgan fingerprint density at radius 2 is 1.62 bits per heavy atom. The molecule has 3 rings (SSSR count). The van der Waals surface area contributed by atoms with Gasteiger partial charge in [0.05, 0.1) is 6.54 Å². The maximum atomic E-state index is 12.3. The van der Waals surface area contributed by atoms with Gasteiger partial charge >= 0.3 is 0 Å². The molecule has 1 aromatic carbocycles. The molecule has 24 heavy (non-hydrogen) atoms. The number of piperazine rings is 1. The molecule has 1 aromatic rings. The van der Waals surface area contributed by atoms with Crippen molar-refractivity contribution < 1.29 is 4.79 Å². The predicted molar refractivity (Wildman–Crippen MR) is 97.7 cm³/mol. The molecule has 1 saturated carbocycles. The molecular weight excluding hydrogens is 298 g/mol. The summed E-state index contributed by atoms with van der Waals surface area (Å²) in [5.74, 6) is 1.04. The fourth-order valence-electron chi connectivity index (χ4n) is 3.83. The van der Waals surface area contributed by atoms with Gasteiger partial charge in [-0.15, -0.1) is 0 Å². The minimum atomic E-state index is 0.214. The smallest absolute Gasteiger partial charge is 0.234 e. The largest absolute Gasteiger partial charge is 0.352 e. The Kier molecular flexibility index (Phi) is 6.27. The third-order valence-electron chi connectivity index (χ3n) is 5.46. The maximum Gasteiger partial charge on any atom is 0.234 e. The molecule has 0 spiro atoms. The summed E-state index contributed by atoms with van der Waals surface area (Å²) in [6.07, 6.45) is 4.81.